The van der Waals surface area contributed by atoms with Gasteiger partial charge in [-0.05, 0) is 91.0 Å². The summed E-state index contributed by atoms with van der Waals surface area (Å²) in [6.45, 7) is 9.24. The Kier molecular flexibility index (Phi) is 11.2. The number of benzene rings is 3. The van der Waals surface area contributed by atoms with Gasteiger partial charge in [0.1, 0.15) is 36.1 Å². The van der Waals surface area contributed by atoms with Gasteiger partial charge in [0, 0.05) is 30.1 Å². The van der Waals surface area contributed by atoms with Crippen molar-refractivity contribution in [3.63, 3.8) is 0 Å². The van der Waals surface area contributed by atoms with Crippen LogP contribution in [-0.4, -0.2) is 79.8 Å². The standard InChI is InChI=1S/C48H50N8O6/c1-4-6-20-55(47(59)42(28-11-8-7-9-12-28)54-45(57)29-14-15-29)26-41-50-37-19-17-30-23-35-33-18-16-31(22-32(33)27-62-40(35)24-34(30)43(37)53-41)38-25-49-44(51-38)39-13-10-21-56(39)46(58)36(5-2)52-48(60)61-3/h4-5,7-9,11-12,16,18,22-25,29,36,39,42H,1-2,6,10,13-15,17,19-21,26-27H2,3H3,(H,49,51)(H,50,53)(H,52,60)(H,54,57)/t36-,39-,42+/m0/s1. The molecule has 318 valence electrons. The minimum atomic E-state index is -0.904. The number of aryl methyl sites for hydroxylation is 2. The number of ether oxygens (including phenoxy) is 2. The van der Waals surface area contributed by atoms with Gasteiger partial charge in [0.25, 0.3) is 0 Å². The fourth-order valence-electron chi connectivity index (χ4n) is 8.86. The van der Waals surface area contributed by atoms with Crippen molar-refractivity contribution in [3.05, 3.63) is 126 Å². The van der Waals surface area contributed by atoms with E-state index in [1.165, 1.54) is 18.7 Å². The Morgan fingerprint density at radius 1 is 0.984 bits per heavy atom. The SMILES string of the molecule is C=CCCN(Cc1nc2c([nH]1)-c1cc3c(cc1CC2)-c1ccc(-c2cnc([C@@H]4CCCN4C(=O)[C@H](C=C)NC(=O)OC)[nH]2)cc1CO3)C(=O)[C@H](NC(=O)C1CC1)c1ccccc1. The minimum Gasteiger partial charge on any atom is -0.488 e. The fraction of sp³-hybridized carbons (Fsp3) is 0.333. The van der Waals surface area contributed by atoms with E-state index in [0.29, 0.717) is 37.8 Å². The van der Waals surface area contributed by atoms with E-state index < -0.39 is 18.2 Å². The maximum absolute atomic E-state index is 14.3. The molecular weight excluding hydrogens is 785 g/mol. The van der Waals surface area contributed by atoms with Crippen molar-refractivity contribution in [2.45, 2.75) is 76.2 Å². The number of aromatic amines is 2. The average molecular weight is 835 g/mol. The van der Waals surface area contributed by atoms with Crippen molar-refractivity contribution in [1.82, 2.24) is 40.4 Å². The van der Waals surface area contributed by atoms with Crippen molar-refractivity contribution in [2.75, 3.05) is 20.2 Å². The predicted octanol–water partition coefficient (Wildman–Crippen LogP) is 6.87. The summed E-state index contributed by atoms with van der Waals surface area (Å²) >= 11 is 0. The van der Waals surface area contributed by atoms with Crippen LogP contribution >= 0.6 is 0 Å². The molecule has 0 spiro atoms. The molecule has 2 aliphatic heterocycles. The lowest BCUT2D eigenvalue weighted by Gasteiger charge is -2.27. The van der Waals surface area contributed by atoms with E-state index in [4.69, 9.17) is 19.4 Å². The summed E-state index contributed by atoms with van der Waals surface area (Å²) in [6, 6.07) is 18.1. The van der Waals surface area contributed by atoms with Crippen LogP contribution in [0.25, 0.3) is 33.6 Å². The van der Waals surface area contributed by atoms with Crippen molar-refractivity contribution < 1.29 is 28.7 Å². The number of likely N-dealkylation sites (tertiary alicyclic amines) is 1. The number of hydrogen-bond acceptors (Lipinski definition) is 8. The van der Waals surface area contributed by atoms with Gasteiger partial charge in [-0.1, -0.05) is 54.6 Å². The highest BCUT2D eigenvalue weighted by molar-refractivity contribution is 5.91. The van der Waals surface area contributed by atoms with E-state index in [1.807, 2.05) is 30.3 Å². The number of hydrogen-bond donors (Lipinski definition) is 4. The van der Waals surface area contributed by atoms with Crippen molar-refractivity contribution in [2.24, 2.45) is 5.92 Å². The molecule has 4 amide bonds. The van der Waals surface area contributed by atoms with E-state index in [-0.39, 0.29) is 36.2 Å². The number of aromatic nitrogens is 4. The third kappa shape index (κ3) is 7.99. The molecule has 62 heavy (non-hydrogen) atoms. The summed E-state index contributed by atoms with van der Waals surface area (Å²) in [5, 5.41) is 5.58. The quantitative estimate of drug-likeness (QED) is 0.0878. The van der Waals surface area contributed by atoms with Crippen LogP contribution in [0.15, 0.2) is 92.2 Å². The van der Waals surface area contributed by atoms with Gasteiger partial charge < -0.3 is 39.9 Å². The third-order valence-electron chi connectivity index (χ3n) is 12.3. The first-order valence-corrected chi connectivity index (χ1v) is 21.3. The highest BCUT2D eigenvalue weighted by atomic mass is 16.5. The topological polar surface area (TPSA) is 175 Å². The van der Waals surface area contributed by atoms with Crippen molar-refractivity contribution in [1.29, 1.82) is 0 Å². The lowest BCUT2D eigenvalue weighted by atomic mass is 9.86. The van der Waals surface area contributed by atoms with E-state index in [9.17, 15) is 19.2 Å². The molecule has 1 saturated carbocycles. The lowest BCUT2D eigenvalue weighted by Crippen LogP contribution is -2.47. The van der Waals surface area contributed by atoms with Gasteiger partial charge in [-0.2, -0.15) is 0 Å². The van der Waals surface area contributed by atoms with Crippen molar-refractivity contribution in [3.8, 4) is 39.4 Å². The second-order valence-corrected chi connectivity index (χ2v) is 16.4. The number of carbonyl (C=O) groups is 4. The number of imidazole rings is 2. The smallest absolute Gasteiger partial charge is 0.407 e. The van der Waals surface area contributed by atoms with Gasteiger partial charge >= 0.3 is 6.09 Å². The zero-order chi connectivity index (χ0) is 42.9. The molecule has 0 bridgehead atoms. The average Bonchev–Trinajstić information content (AvgIpc) is 3.63. The molecule has 1 saturated heterocycles. The molecule has 14 heteroatoms. The Morgan fingerprint density at radius 2 is 1.82 bits per heavy atom. The zero-order valence-electron chi connectivity index (χ0n) is 34.7. The van der Waals surface area contributed by atoms with E-state index >= 15 is 0 Å². The van der Waals surface area contributed by atoms with Gasteiger partial charge in [-0.25, -0.2) is 14.8 Å². The van der Waals surface area contributed by atoms with Crippen LogP contribution in [0.5, 0.6) is 5.75 Å². The largest absolute Gasteiger partial charge is 0.488 e. The van der Waals surface area contributed by atoms with E-state index in [1.54, 1.807) is 22.1 Å². The minimum absolute atomic E-state index is 0.0318. The molecule has 5 aromatic rings. The van der Waals surface area contributed by atoms with Crippen LogP contribution in [0, 0.1) is 5.92 Å². The molecule has 0 radical (unpaired) electrons. The first kappa shape index (κ1) is 40.4. The Hall–Kier alpha value is -6.96. The monoisotopic (exact) mass is 834 g/mol. The Labute approximate surface area is 359 Å². The summed E-state index contributed by atoms with van der Waals surface area (Å²) in [6.07, 6.45) is 9.70. The van der Waals surface area contributed by atoms with Crippen LogP contribution in [0.3, 0.4) is 0 Å². The van der Waals surface area contributed by atoms with Crippen LogP contribution in [0.1, 0.15) is 78.2 Å². The van der Waals surface area contributed by atoms with Crippen LogP contribution in [0.4, 0.5) is 4.79 Å². The Balaban J connectivity index is 0.929. The molecule has 4 aliphatic rings. The van der Waals surface area contributed by atoms with Gasteiger partial charge in [-0.3, -0.25) is 14.4 Å². The van der Waals surface area contributed by atoms with Gasteiger partial charge in [0.15, 0.2) is 0 Å². The number of methoxy groups -OCH3 is 1. The van der Waals surface area contributed by atoms with E-state index in [0.717, 1.165) is 94.7 Å². The summed E-state index contributed by atoms with van der Waals surface area (Å²) < 4.78 is 11.1. The van der Waals surface area contributed by atoms with Crippen LogP contribution in [0.2, 0.25) is 0 Å². The number of nitrogens with one attached hydrogen (secondary N) is 4. The van der Waals surface area contributed by atoms with Crippen molar-refractivity contribution >= 4 is 23.8 Å². The summed E-state index contributed by atoms with van der Waals surface area (Å²) in [7, 11) is 1.25. The van der Waals surface area contributed by atoms with Gasteiger partial charge in [0.05, 0.1) is 43.0 Å². The summed E-state index contributed by atoms with van der Waals surface area (Å²) in [4.78, 5) is 72.7. The zero-order valence-corrected chi connectivity index (χ0v) is 34.7. The number of fused-ring (bicyclic) bond motifs is 6. The first-order chi connectivity index (χ1) is 30.2. The lowest BCUT2D eigenvalue weighted by molar-refractivity contribution is -0.137. The molecule has 4 heterocycles. The molecule has 0 unspecified atom stereocenters. The number of nitrogens with zero attached hydrogens (tertiary/aromatic N) is 4. The third-order valence-corrected chi connectivity index (χ3v) is 12.3. The molecule has 3 atom stereocenters. The highest BCUT2D eigenvalue weighted by Crippen LogP contribution is 2.45. The molecule has 3 aromatic carbocycles. The van der Waals surface area contributed by atoms with E-state index in [2.05, 4.69) is 64.1 Å². The van der Waals surface area contributed by atoms with Gasteiger partial charge in [0.2, 0.25) is 17.7 Å². The first-order valence-electron chi connectivity index (χ1n) is 21.3. The normalized spacial score (nSPS) is 16.9. The molecular formula is C48H50N8O6. The summed E-state index contributed by atoms with van der Waals surface area (Å²) in [5.74, 6) is 1.60. The second kappa shape index (κ2) is 17.2. The number of alkyl carbamates (subject to hydrolysis) is 1. The summed E-state index contributed by atoms with van der Waals surface area (Å²) in [5.41, 5.74) is 9.83. The maximum Gasteiger partial charge on any atom is 0.407 e. The number of carbonyl (C=O) groups excluding carboxylic acids is 4. The number of H-pyrrole nitrogens is 2. The predicted molar refractivity (Wildman–Crippen MR) is 232 cm³/mol. The Morgan fingerprint density at radius 3 is 2.60 bits per heavy atom. The second-order valence-electron chi connectivity index (χ2n) is 16.4. The fourth-order valence-corrected chi connectivity index (χ4v) is 8.86. The van der Waals surface area contributed by atoms with Crippen LogP contribution < -0.4 is 15.4 Å². The number of amides is 4. The van der Waals surface area contributed by atoms with Gasteiger partial charge in [-0.15, -0.1) is 13.2 Å². The molecule has 2 aromatic heterocycles. The van der Waals surface area contributed by atoms with Crippen LogP contribution in [-0.2, 0) is 45.1 Å². The molecule has 14 nitrogen and oxygen atoms in total. The molecule has 9 rings (SSSR count). The Bertz CT molecular complexity index is 2560. The molecule has 2 aliphatic carbocycles. The molecule has 4 N–H and O–H groups in total. The highest BCUT2D eigenvalue weighted by Gasteiger charge is 2.37. The number of rotatable bonds is 14. The maximum atomic E-state index is 14.3. The molecule has 2 fully saturated rings.